The summed E-state index contributed by atoms with van der Waals surface area (Å²) in [7, 11) is 1.36. The molecule has 112 valence electrons. The normalized spacial score (nSPS) is 13.5. The molecule has 0 bridgehead atoms. The average Bonchev–Trinajstić information content (AvgIpc) is 2.76. The monoisotopic (exact) mass is 363 g/mol. The van der Waals surface area contributed by atoms with Crippen LogP contribution >= 0.6 is 15.9 Å². The Labute approximate surface area is 134 Å². The molecule has 0 aromatic heterocycles. The molecule has 1 aliphatic heterocycles. The third-order valence-electron chi connectivity index (χ3n) is 3.56. The zero-order valence-corrected chi connectivity index (χ0v) is 13.2. The van der Waals surface area contributed by atoms with Crippen molar-refractivity contribution >= 4 is 27.7 Å². The Balaban J connectivity index is 1.99. The second-order valence-corrected chi connectivity index (χ2v) is 5.64. The summed E-state index contributed by atoms with van der Waals surface area (Å²) in [5.41, 5.74) is 0.882. The first-order chi connectivity index (χ1) is 10.5. The molecule has 0 radical (unpaired) electrons. The van der Waals surface area contributed by atoms with Crippen LogP contribution in [0.5, 0.6) is 5.75 Å². The summed E-state index contributed by atoms with van der Waals surface area (Å²) < 4.78 is 19.8. The van der Waals surface area contributed by atoms with Gasteiger partial charge in [-0.15, -0.1) is 0 Å². The van der Waals surface area contributed by atoms with E-state index in [2.05, 4.69) is 15.9 Å². The molecule has 2 amide bonds. The molecule has 0 spiro atoms. The Morgan fingerprint density at radius 2 is 1.68 bits per heavy atom. The van der Waals surface area contributed by atoms with Crippen molar-refractivity contribution in [2.45, 2.75) is 6.54 Å². The number of halogens is 2. The molecule has 6 heteroatoms. The summed E-state index contributed by atoms with van der Waals surface area (Å²) >= 11 is 3.25. The lowest BCUT2D eigenvalue weighted by Gasteiger charge is -2.16. The van der Waals surface area contributed by atoms with Gasteiger partial charge in [0.1, 0.15) is 0 Å². The van der Waals surface area contributed by atoms with Crippen LogP contribution in [0.4, 0.5) is 4.39 Å². The Kier molecular flexibility index (Phi) is 3.70. The van der Waals surface area contributed by atoms with E-state index in [1.807, 2.05) is 0 Å². The van der Waals surface area contributed by atoms with E-state index >= 15 is 0 Å². The van der Waals surface area contributed by atoms with Gasteiger partial charge in [0.05, 0.1) is 24.8 Å². The van der Waals surface area contributed by atoms with Crippen LogP contribution in [-0.4, -0.2) is 23.8 Å². The number of imide groups is 1. The fourth-order valence-corrected chi connectivity index (χ4v) is 2.85. The Bertz CT molecular complexity index is 756. The number of hydrogen-bond acceptors (Lipinski definition) is 3. The Morgan fingerprint density at radius 1 is 1.09 bits per heavy atom. The molecule has 0 fully saturated rings. The number of benzene rings is 2. The van der Waals surface area contributed by atoms with Crippen LogP contribution < -0.4 is 4.74 Å². The van der Waals surface area contributed by atoms with Gasteiger partial charge in [-0.3, -0.25) is 14.5 Å². The van der Waals surface area contributed by atoms with Crippen molar-refractivity contribution in [1.82, 2.24) is 4.90 Å². The van der Waals surface area contributed by atoms with Gasteiger partial charge in [-0.1, -0.05) is 28.1 Å². The number of nitrogens with zero attached hydrogens (tertiary/aromatic N) is 1. The number of carbonyl (C=O) groups is 2. The highest BCUT2D eigenvalue weighted by atomic mass is 79.9. The van der Waals surface area contributed by atoms with Gasteiger partial charge in [0.25, 0.3) is 11.8 Å². The number of fused-ring (bicyclic) bond motifs is 1. The van der Waals surface area contributed by atoms with Crippen LogP contribution in [0, 0.1) is 5.82 Å². The fraction of sp³-hybridized carbons (Fsp3) is 0.125. The van der Waals surface area contributed by atoms with Crippen LogP contribution in [0.3, 0.4) is 0 Å². The fourth-order valence-electron chi connectivity index (χ4n) is 2.42. The molecule has 0 atom stereocenters. The number of ether oxygens (including phenoxy) is 1. The van der Waals surface area contributed by atoms with Crippen molar-refractivity contribution in [2.75, 3.05) is 7.11 Å². The molecule has 1 aliphatic rings. The lowest BCUT2D eigenvalue weighted by molar-refractivity contribution is 0.0640. The summed E-state index contributed by atoms with van der Waals surface area (Å²) in [6.07, 6.45) is 0. The average molecular weight is 364 g/mol. The highest BCUT2D eigenvalue weighted by molar-refractivity contribution is 9.10. The van der Waals surface area contributed by atoms with Crippen LogP contribution in [0.25, 0.3) is 0 Å². The van der Waals surface area contributed by atoms with E-state index in [-0.39, 0.29) is 17.9 Å². The van der Waals surface area contributed by atoms with Crippen LogP contribution in [0.1, 0.15) is 26.3 Å². The van der Waals surface area contributed by atoms with Gasteiger partial charge < -0.3 is 4.74 Å². The lowest BCUT2D eigenvalue weighted by atomic mass is 10.1. The molecule has 3 rings (SSSR count). The molecule has 2 aromatic carbocycles. The van der Waals surface area contributed by atoms with Crippen molar-refractivity contribution in [2.24, 2.45) is 0 Å². The number of amides is 2. The third kappa shape index (κ3) is 2.20. The van der Waals surface area contributed by atoms with Crippen molar-refractivity contribution in [3.05, 3.63) is 63.4 Å². The summed E-state index contributed by atoms with van der Waals surface area (Å²) in [5, 5.41) is 0. The summed E-state index contributed by atoms with van der Waals surface area (Å²) in [4.78, 5) is 25.7. The molecular formula is C16H11BrFNO3. The van der Waals surface area contributed by atoms with Crippen molar-refractivity contribution in [3.63, 3.8) is 0 Å². The highest BCUT2D eigenvalue weighted by Gasteiger charge is 2.36. The largest absolute Gasteiger partial charge is 0.494 e. The van der Waals surface area contributed by atoms with Crippen molar-refractivity contribution in [1.29, 1.82) is 0 Å². The molecule has 22 heavy (non-hydrogen) atoms. The maximum absolute atomic E-state index is 14.4. The molecule has 1 heterocycles. The smallest absolute Gasteiger partial charge is 0.261 e. The maximum atomic E-state index is 14.4. The third-order valence-corrected chi connectivity index (χ3v) is 4.31. The van der Waals surface area contributed by atoms with Gasteiger partial charge >= 0.3 is 0 Å². The summed E-state index contributed by atoms with van der Waals surface area (Å²) in [6.45, 7) is -0.157. The van der Waals surface area contributed by atoms with Crippen LogP contribution in [0.15, 0.2) is 40.9 Å². The van der Waals surface area contributed by atoms with Gasteiger partial charge in [-0.05, 0) is 24.3 Å². The summed E-state index contributed by atoms with van der Waals surface area (Å²) in [5.74, 6) is -1.37. The van der Waals surface area contributed by atoms with Crippen LogP contribution in [0.2, 0.25) is 0 Å². The van der Waals surface area contributed by atoms with Crippen molar-refractivity contribution < 1.29 is 18.7 Å². The molecular weight excluding hydrogens is 353 g/mol. The van der Waals surface area contributed by atoms with E-state index < -0.39 is 17.6 Å². The second kappa shape index (κ2) is 5.53. The van der Waals surface area contributed by atoms with E-state index in [1.54, 1.807) is 30.3 Å². The first kappa shape index (κ1) is 14.7. The van der Waals surface area contributed by atoms with Gasteiger partial charge in [0, 0.05) is 10.0 Å². The second-order valence-electron chi connectivity index (χ2n) is 4.78. The van der Waals surface area contributed by atoms with E-state index in [0.717, 1.165) is 4.90 Å². The maximum Gasteiger partial charge on any atom is 0.261 e. The SMILES string of the molecule is COc1ccc(Br)c(CN2C(=O)c3ccccc3C2=O)c1F. The minimum atomic E-state index is -0.589. The van der Waals surface area contributed by atoms with Gasteiger partial charge in [0.2, 0.25) is 0 Å². The molecule has 0 saturated heterocycles. The molecule has 2 aromatic rings. The van der Waals surface area contributed by atoms with E-state index in [9.17, 15) is 14.0 Å². The minimum absolute atomic E-state index is 0.0646. The number of carbonyl (C=O) groups excluding carboxylic acids is 2. The van der Waals surface area contributed by atoms with E-state index in [4.69, 9.17) is 4.74 Å². The standard InChI is InChI=1S/C16H11BrFNO3/c1-22-13-7-6-12(17)11(14(13)18)8-19-15(20)9-4-2-3-5-10(9)16(19)21/h2-7H,8H2,1H3. The zero-order valence-electron chi connectivity index (χ0n) is 11.6. The van der Waals surface area contributed by atoms with Gasteiger partial charge in [-0.25, -0.2) is 4.39 Å². The van der Waals surface area contributed by atoms with Crippen LogP contribution in [-0.2, 0) is 6.54 Å². The van der Waals surface area contributed by atoms with Crippen molar-refractivity contribution in [3.8, 4) is 5.75 Å². The first-order valence-corrected chi connectivity index (χ1v) is 7.30. The Morgan fingerprint density at radius 3 is 2.23 bits per heavy atom. The number of rotatable bonds is 3. The van der Waals surface area contributed by atoms with E-state index in [0.29, 0.717) is 15.6 Å². The predicted octanol–water partition coefficient (Wildman–Crippen LogP) is 3.39. The number of hydrogen-bond donors (Lipinski definition) is 0. The molecule has 0 N–H and O–H groups in total. The first-order valence-electron chi connectivity index (χ1n) is 6.50. The zero-order chi connectivity index (χ0) is 15.9. The molecule has 0 aliphatic carbocycles. The molecule has 4 nitrogen and oxygen atoms in total. The van der Waals surface area contributed by atoms with Gasteiger partial charge in [0.15, 0.2) is 11.6 Å². The molecule has 0 unspecified atom stereocenters. The lowest BCUT2D eigenvalue weighted by Crippen LogP contribution is -2.29. The van der Waals surface area contributed by atoms with Gasteiger partial charge in [-0.2, -0.15) is 0 Å². The predicted molar refractivity (Wildman–Crippen MR) is 81.3 cm³/mol. The number of methoxy groups -OCH3 is 1. The Hall–Kier alpha value is -2.21. The highest BCUT2D eigenvalue weighted by Crippen LogP contribution is 2.31. The molecule has 0 saturated carbocycles. The summed E-state index contributed by atoms with van der Waals surface area (Å²) in [6, 6.07) is 9.66. The van der Waals surface area contributed by atoms with E-state index in [1.165, 1.54) is 13.2 Å². The minimum Gasteiger partial charge on any atom is -0.494 e. The topological polar surface area (TPSA) is 46.6 Å². The quantitative estimate of drug-likeness (QED) is 0.785.